The molecule has 0 saturated carbocycles. The van der Waals surface area contributed by atoms with E-state index >= 15 is 0 Å². The van der Waals surface area contributed by atoms with Gasteiger partial charge in [-0.15, -0.1) is 0 Å². The summed E-state index contributed by atoms with van der Waals surface area (Å²) in [6.45, 7) is 5.67. The fourth-order valence-corrected chi connectivity index (χ4v) is 3.08. The van der Waals surface area contributed by atoms with Gasteiger partial charge in [0.05, 0.1) is 0 Å². The summed E-state index contributed by atoms with van der Waals surface area (Å²) in [5, 5.41) is 0.740. The van der Waals surface area contributed by atoms with Gasteiger partial charge in [0, 0.05) is 29.2 Å². The maximum atomic E-state index is 6.19. The van der Waals surface area contributed by atoms with E-state index in [1.165, 1.54) is 36.2 Å². The second-order valence-corrected chi connectivity index (χ2v) is 6.45. The van der Waals surface area contributed by atoms with Gasteiger partial charge in [0.25, 0.3) is 0 Å². The van der Waals surface area contributed by atoms with Crippen molar-refractivity contribution >= 4 is 11.8 Å². The van der Waals surface area contributed by atoms with E-state index in [4.69, 9.17) is 5.73 Å². The number of aryl methyl sites for hydroxylation is 1. The van der Waals surface area contributed by atoms with Crippen molar-refractivity contribution in [3.05, 3.63) is 23.0 Å². The molecule has 0 aromatic carbocycles. The molecule has 0 bridgehead atoms. The van der Waals surface area contributed by atoms with Gasteiger partial charge in [-0.2, -0.15) is 11.8 Å². The molecule has 0 radical (unpaired) electrons. The number of aromatic nitrogens is 1. The summed E-state index contributed by atoms with van der Waals surface area (Å²) in [6, 6.07) is 2.58. The van der Waals surface area contributed by atoms with Crippen molar-refractivity contribution in [3.8, 4) is 0 Å². The highest BCUT2D eigenvalue weighted by atomic mass is 32.2. The highest BCUT2D eigenvalue weighted by Gasteiger charge is 2.21. The van der Waals surface area contributed by atoms with Gasteiger partial charge >= 0.3 is 0 Å². The number of hydrogen-bond acceptors (Lipinski definition) is 2. The van der Waals surface area contributed by atoms with Crippen LogP contribution >= 0.6 is 11.8 Å². The molecule has 1 aromatic heterocycles. The van der Waals surface area contributed by atoms with E-state index in [0.717, 1.165) is 18.2 Å². The Morgan fingerprint density at radius 2 is 2.35 bits per heavy atom. The first-order valence-electron chi connectivity index (χ1n) is 6.60. The normalized spacial score (nSPS) is 21.3. The molecule has 0 saturated heterocycles. The maximum absolute atomic E-state index is 6.19. The molecule has 2 N–H and O–H groups in total. The molecule has 17 heavy (non-hydrogen) atoms. The zero-order valence-electron chi connectivity index (χ0n) is 11.2. The monoisotopic (exact) mass is 252 g/mol. The molecular formula is C14H24N2S. The zero-order valence-corrected chi connectivity index (χ0v) is 12.0. The molecule has 2 unspecified atom stereocenters. The Morgan fingerprint density at radius 1 is 1.59 bits per heavy atom. The van der Waals surface area contributed by atoms with Gasteiger partial charge in [-0.05, 0) is 50.5 Å². The molecule has 0 fully saturated rings. The van der Waals surface area contributed by atoms with E-state index in [2.05, 4.69) is 30.7 Å². The van der Waals surface area contributed by atoms with Crippen molar-refractivity contribution in [3.63, 3.8) is 0 Å². The number of rotatable bonds is 4. The van der Waals surface area contributed by atoms with Crippen LogP contribution in [-0.4, -0.2) is 16.1 Å². The Kier molecular flexibility index (Phi) is 4.21. The second-order valence-electron chi connectivity index (χ2n) is 5.17. The Balaban J connectivity index is 2.17. The van der Waals surface area contributed by atoms with Crippen LogP contribution in [0.4, 0.5) is 0 Å². The van der Waals surface area contributed by atoms with E-state index in [1.807, 2.05) is 11.8 Å². The fraction of sp³-hybridized carbons (Fsp3) is 0.714. The molecular weight excluding hydrogens is 228 g/mol. The van der Waals surface area contributed by atoms with Crippen LogP contribution in [0.2, 0.25) is 0 Å². The van der Waals surface area contributed by atoms with Crippen molar-refractivity contribution in [2.75, 3.05) is 6.26 Å². The smallest absolute Gasteiger partial charge is 0.0313 e. The molecule has 1 aromatic rings. The largest absolute Gasteiger partial charge is 0.349 e. The van der Waals surface area contributed by atoms with Crippen LogP contribution in [0, 0.1) is 6.92 Å². The summed E-state index contributed by atoms with van der Waals surface area (Å²) < 4.78 is 2.50. The van der Waals surface area contributed by atoms with Gasteiger partial charge in [-0.1, -0.05) is 6.92 Å². The maximum Gasteiger partial charge on any atom is 0.0313 e. The third kappa shape index (κ3) is 2.71. The van der Waals surface area contributed by atoms with Crippen LogP contribution in [0.1, 0.15) is 49.2 Å². The number of thioether (sulfide) groups is 1. The lowest BCUT2D eigenvalue weighted by Gasteiger charge is -2.21. The zero-order chi connectivity index (χ0) is 12.4. The van der Waals surface area contributed by atoms with Crippen LogP contribution in [0.5, 0.6) is 0 Å². The molecule has 1 heterocycles. The summed E-state index contributed by atoms with van der Waals surface area (Å²) in [5.74, 6) is 0. The number of fused-ring (bicyclic) bond motifs is 1. The Morgan fingerprint density at radius 3 is 3.06 bits per heavy atom. The van der Waals surface area contributed by atoms with Gasteiger partial charge in [0.2, 0.25) is 0 Å². The summed E-state index contributed by atoms with van der Waals surface area (Å²) in [5.41, 5.74) is 10.5. The average Bonchev–Trinajstić information content (AvgIpc) is 2.64. The van der Waals surface area contributed by atoms with Gasteiger partial charge in [0.1, 0.15) is 0 Å². The molecule has 0 aliphatic heterocycles. The van der Waals surface area contributed by atoms with Crippen LogP contribution in [0.15, 0.2) is 6.07 Å². The number of nitrogens with zero attached hydrogens (tertiary/aromatic N) is 1. The van der Waals surface area contributed by atoms with E-state index in [-0.39, 0.29) is 6.04 Å². The van der Waals surface area contributed by atoms with Crippen molar-refractivity contribution in [2.24, 2.45) is 5.73 Å². The van der Waals surface area contributed by atoms with Gasteiger partial charge in [0.15, 0.2) is 0 Å². The second kappa shape index (κ2) is 5.49. The van der Waals surface area contributed by atoms with E-state index in [0.29, 0.717) is 0 Å². The molecule has 0 amide bonds. The van der Waals surface area contributed by atoms with Crippen LogP contribution in [0.25, 0.3) is 0 Å². The predicted octanol–water partition coefficient (Wildman–Crippen LogP) is 3.27. The summed E-state index contributed by atoms with van der Waals surface area (Å²) in [4.78, 5) is 0. The highest BCUT2D eigenvalue weighted by Crippen LogP contribution is 2.31. The van der Waals surface area contributed by atoms with Crippen molar-refractivity contribution in [2.45, 2.75) is 57.4 Å². The van der Waals surface area contributed by atoms with Gasteiger partial charge < -0.3 is 10.3 Å². The molecule has 2 nitrogen and oxygen atoms in total. The molecule has 3 heteroatoms. The summed E-state index contributed by atoms with van der Waals surface area (Å²) in [7, 11) is 0. The number of nitrogens with two attached hydrogens (primary N) is 1. The van der Waals surface area contributed by atoms with Crippen molar-refractivity contribution < 1.29 is 0 Å². The van der Waals surface area contributed by atoms with Crippen LogP contribution in [0.3, 0.4) is 0 Å². The van der Waals surface area contributed by atoms with Crippen molar-refractivity contribution in [1.82, 2.24) is 4.57 Å². The lowest BCUT2D eigenvalue weighted by atomic mass is 9.93. The first kappa shape index (κ1) is 13.0. The minimum absolute atomic E-state index is 0.275. The topological polar surface area (TPSA) is 30.9 Å². The Hall–Kier alpha value is -0.410. The molecule has 0 spiro atoms. The fourth-order valence-electron chi connectivity index (χ4n) is 2.74. The van der Waals surface area contributed by atoms with Gasteiger partial charge in [-0.25, -0.2) is 0 Å². The van der Waals surface area contributed by atoms with Crippen LogP contribution < -0.4 is 5.73 Å². The van der Waals surface area contributed by atoms with Crippen molar-refractivity contribution in [1.29, 1.82) is 0 Å². The minimum atomic E-state index is 0.275. The SMILES string of the molecule is CSC(C)CCn1c(C)cc2c1CCCC2N. The lowest BCUT2D eigenvalue weighted by Crippen LogP contribution is -2.19. The molecule has 1 aliphatic carbocycles. The molecule has 1 aliphatic rings. The first-order valence-corrected chi connectivity index (χ1v) is 7.89. The molecule has 96 valence electrons. The van der Waals surface area contributed by atoms with Gasteiger partial charge in [-0.3, -0.25) is 0 Å². The number of hydrogen-bond donors (Lipinski definition) is 1. The van der Waals surface area contributed by atoms with E-state index < -0.39 is 0 Å². The quantitative estimate of drug-likeness (QED) is 0.891. The third-order valence-electron chi connectivity index (χ3n) is 3.94. The van der Waals surface area contributed by atoms with E-state index in [9.17, 15) is 0 Å². The predicted molar refractivity (Wildman–Crippen MR) is 76.6 cm³/mol. The average molecular weight is 252 g/mol. The summed E-state index contributed by atoms with van der Waals surface area (Å²) >= 11 is 1.95. The van der Waals surface area contributed by atoms with Crippen LogP contribution in [-0.2, 0) is 13.0 Å². The summed E-state index contributed by atoms with van der Waals surface area (Å²) in [6.07, 6.45) is 7.05. The Labute approximate surface area is 109 Å². The minimum Gasteiger partial charge on any atom is -0.349 e. The third-order valence-corrected chi connectivity index (χ3v) is 4.98. The first-order chi connectivity index (χ1) is 8.13. The molecule has 2 rings (SSSR count). The molecule has 2 atom stereocenters. The Bertz CT molecular complexity index is 384. The van der Waals surface area contributed by atoms with E-state index in [1.54, 1.807) is 0 Å². The standard InChI is InChI=1S/C14H24N2S/c1-10-9-12-13(15)5-4-6-14(12)16(10)8-7-11(2)17-3/h9,11,13H,4-8,15H2,1-3H3. The lowest BCUT2D eigenvalue weighted by molar-refractivity contribution is 0.528. The highest BCUT2D eigenvalue weighted by molar-refractivity contribution is 7.99.